The third-order valence-corrected chi connectivity index (χ3v) is 2.02. The molecule has 0 aliphatic rings. The number of hydrogen-bond acceptors (Lipinski definition) is 2. The number of carbonyl (C=O) groups is 1. The number of benzene rings is 1. The molecule has 2 atom stereocenters. The fraction of sp³-hybridized carbons (Fsp3) is 0.182. The monoisotopic (exact) mass is 175 g/mol. The van der Waals surface area contributed by atoms with Crippen molar-refractivity contribution in [2.45, 2.75) is 12.0 Å². The van der Waals surface area contributed by atoms with Crippen LogP contribution in [0.15, 0.2) is 43.0 Å². The van der Waals surface area contributed by atoms with Crippen molar-refractivity contribution in [3.05, 3.63) is 48.6 Å². The number of carbonyl (C=O) groups excluding carboxylic acids is 1. The van der Waals surface area contributed by atoms with Crippen molar-refractivity contribution in [3.8, 4) is 0 Å². The maximum atomic E-state index is 10.8. The summed E-state index contributed by atoms with van der Waals surface area (Å²) in [6.07, 6.45) is 2.45. The van der Waals surface area contributed by atoms with Crippen LogP contribution < -0.4 is 5.73 Å². The lowest BCUT2D eigenvalue weighted by atomic mass is 9.93. The van der Waals surface area contributed by atoms with Gasteiger partial charge in [-0.2, -0.15) is 0 Å². The Hall–Kier alpha value is -1.41. The quantitative estimate of drug-likeness (QED) is 0.556. The Kier molecular flexibility index (Phi) is 3.41. The number of hydrogen-bond donors (Lipinski definition) is 1. The fourth-order valence-corrected chi connectivity index (χ4v) is 1.21. The lowest BCUT2D eigenvalue weighted by molar-refractivity contribution is -0.109. The molecule has 0 spiro atoms. The Morgan fingerprint density at radius 3 is 2.38 bits per heavy atom. The normalized spacial score (nSPS) is 14.5. The molecule has 0 aliphatic carbocycles. The zero-order chi connectivity index (χ0) is 9.68. The third-order valence-electron chi connectivity index (χ3n) is 2.02. The van der Waals surface area contributed by atoms with E-state index in [0.717, 1.165) is 11.8 Å². The standard InChI is InChI=1S/C11H13NO/c1-2-11(12)10(8-13)9-6-4-3-5-7-9/h2-8,10-11H,1,12H2/t10-,11+/m1/s1. The zero-order valence-electron chi connectivity index (χ0n) is 7.39. The first-order valence-corrected chi connectivity index (χ1v) is 4.18. The Morgan fingerprint density at radius 2 is 1.92 bits per heavy atom. The second-order valence-corrected chi connectivity index (χ2v) is 2.89. The topological polar surface area (TPSA) is 43.1 Å². The number of aldehydes is 1. The average Bonchev–Trinajstić information content (AvgIpc) is 2.20. The Labute approximate surface area is 78.1 Å². The first-order valence-electron chi connectivity index (χ1n) is 4.18. The van der Waals surface area contributed by atoms with Crippen LogP contribution in [0.3, 0.4) is 0 Å². The zero-order valence-corrected chi connectivity index (χ0v) is 7.39. The van der Waals surface area contributed by atoms with Crippen molar-refractivity contribution in [3.63, 3.8) is 0 Å². The summed E-state index contributed by atoms with van der Waals surface area (Å²) in [6, 6.07) is 9.17. The van der Waals surface area contributed by atoms with Gasteiger partial charge in [0.05, 0.1) is 5.92 Å². The molecule has 0 radical (unpaired) electrons. The summed E-state index contributed by atoms with van der Waals surface area (Å²) in [5.41, 5.74) is 6.65. The maximum absolute atomic E-state index is 10.8. The lowest BCUT2D eigenvalue weighted by Crippen LogP contribution is -2.26. The Bertz CT molecular complexity index is 281. The molecule has 2 nitrogen and oxygen atoms in total. The van der Waals surface area contributed by atoms with E-state index in [4.69, 9.17) is 5.73 Å². The third kappa shape index (κ3) is 2.26. The molecule has 2 N–H and O–H groups in total. The molecule has 0 saturated heterocycles. The van der Waals surface area contributed by atoms with Crippen LogP contribution in [0, 0.1) is 0 Å². The van der Waals surface area contributed by atoms with Gasteiger partial charge in [0.2, 0.25) is 0 Å². The smallest absolute Gasteiger partial charge is 0.129 e. The van der Waals surface area contributed by atoms with Gasteiger partial charge in [-0.15, -0.1) is 6.58 Å². The van der Waals surface area contributed by atoms with Gasteiger partial charge in [-0.25, -0.2) is 0 Å². The second kappa shape index (κ2) is 4.58. The van der Waals surface area contributed by atoms with Gasteiger partial charge in [0, 0.05) is 6.04 Å². The first-order chi connectivity index (χ1) is 6.29. The maximum Gasteiger partial charge on any atom is 0.129 e. The number of nitrogens with two attached hydrogens (primary N) is 1. The summed E-state index contributed by atoms with van der Waals surface area (Å²) in [4.78, 5) is 10.8. The van der Waals surface area contributed by atoms with Crippen LogP contribution in [-0.4, -0.2) is 12.3 Å². The van der Waals surface area contributed by atoms with E-state index >= 15 is 0 Å². The molecule has 1 aromatic carbocycles. The van der Waals surface area contributed by atoms with Gasteiger partial charge >= 0.3 is 0 Å². The molecule has 1 rings (SSSR count). The highest BCUT2D eigenvalue weighted by Crippen LogP contribution is 2.16. The summed E-state index contributed by atoms with van der Waals surface area (Å²) >= 11 is 0. The molecule has 0 unspecified atom stereocenters. The van der Waals surface area contributed by atoms with Gasteiger partial charge in [-0.3, -0.25) is 0 Å². The summed E-state index contributed by atoms with van der Waals surface area (Å²) in [5.74, 6) is -0.279. The van der Waals surface area contributed by atoms with Gasteiger partial charge in [0.25, 0.3) is 0 Å². The molecule has 1 aromatic rings. The fourth-order valence-electron chi connectivity index (χ4n) is 1.21. The van der Waals surface area contributed by atoms with Gasteiger partial charge < -0.3 is 10.5 Å². The first kappa shape index (κ1) is 9.68. The van der Waals surface area contributed by atoms with Crippen molar-refractivity contribution in [1.82, 2.24) is 0 Å². The molecule has 0 amide bonds. The summed E-state index contributed by atoms with van der Waals surface area (Å²) in [7, 11) is 0. The van der Waals surface area contributed by atoms with Crippen molar-refractivity contribution in [2.75, 3.05) is 0 Å². The van der Waals surface area contributed by atoms with E-state index in [1.165, 1.54) is 0 Å². The minimum Gasteiger partial charge on any atom is -0.324 e. The average molecular weight is 175 g/mol. The van der Waals surface area contributed by atoms with Crippen LogP contribution in [0.4, 0.5) is 0 Å². The summed E-state index contributed by atoms with van der Waals surface area (Å²) < 4.78 is 0. The molecule has 0 aromatic heterocycles. The Balaban J connectivity index is 2.90. The van der Waals surface area contributed by atoms with E-state index in [1.54, 1.807) is 6.08 Å². The van der Waals surface area contributed by atoms with Crippen LogP contribution in [0.5, 0.6) is 0 Å². The molecule has 0 fully saturated rings. The van der Waals surface area contributed by atoms with E-state index in [1.807, 2.05) is 30.3 Å². The molecular weight excluding hydrogens is 162 g/mol. The van der Waals surface area contributed by atoms with Gasteiger partial charge in [0.15, 0.2) is 0 Å². The largest absolute Gasteiger partial charge is 0.324 e. The Morgan fingerprint density at radius 1 is 1.31 bits per heavy atom. The minimum atomic E-state index is -0.306. The van der Waals surface area contributed by atoms with Gasteiger partial charge in [-0.1, -0.05) is 36.4 Å². The van der Waals surface area contributed by atoms with Gasteiger partial charge in [-0.05, 0) is 5.56 Å². The number of rotatable bonds is 4. The van der Waals surface area contributed by atoms with Crippen LogP contribution in [-0.2, 0) is 4.79 Å². The minimum absolute atomic E-state index is 0.279. The molecule has 2 heteroatoms. The molecular formula is C11H13NO. The van der Waals surface area contributed by atoms with Gasteiger partial charge in [0.1, 0.15) is 6.29 Å². The van der Waals surface area contributed by atoms with Crippen LogP contribution in [0.2, 0.25) is 0 Å². The lowest BCUT2D eigenvalue weighted by Gasteiger charge is -2.14. The van der Waals surface area contributed by atoms with E-state index in [2.05, 4.69) is 6.58 Å². The van der Waals surface area contributed by atoms with E-state index < -0.39 is 0 Å². The molecule has 0 bridgehead atoms. The summed E-state index contributed by atoms with van der Waals surface area (Å²) in [6.45, 7) is 3.57. The van der Waals surface area contributed by atoms with E-state index in [0.29, 0.717) is 0 Å². The van der Waals surface area contributed by atoms with E-state index in [-0.39, 0.29) is 12.0 Å². The highest BCUT2D eigenvalue weighted by Gasteiger charge is 2.15. The van der Waals surface area contributed by atoms with Crippen molar-refractivity contribution < 1.29 is 4.79 Å². The van der Waals surface area contributed by atoms with Crippen molar-refractivity contribution >= 4 is 6.29 Å². The van der Waals surface area contributed by atoms with Crippen molar-refractivity contribution in [2.24, 2.45) is 5.73 Å². The highest BCUT2D eigenvalue weighted by molar-refractivity contribution is 5.64. The van der Waals surface area contributed by atoms with Crippen LogP contribution in [0.25, 0.3) is 0 Å². The SMILES string of the molecule is C=C[C@H](N)[C@H](C=O)c1ccccc1. The van der Waals surface area contributed by atoms with Crippen LogP contribution in [0.1, 0.15) is 11.5 Å². The highest BCUT2D eigenvalue weighted by atomic mass is 16.1. The summed E-state index contributed by atoms with van der Waals surface area (Å²) in [5, 5.41) is 0. The van der Waals surface area contributed by atoms with E-state index in [9.17, 15) is 4.79 Å². The molecule has 0 aliphatic heterocycles. The van der Waals surface area contributed by atoms with Crippen LogP contribution >= 0.6 is 0 Å². The molecule has 68 valence electrons. The molecule has 0 heterocycles. The predicted molar refractivity (Wildman–Crippen MR) is 53.4 cm³/mol. The van der Waals surface area contributed by atoms with Crippen molar-refractivity contribution in [1.29, 1.82) is 0 Å². The molecule has 0 saturated carbocycles. The molecule has 13 heavy (non-hydrogen) atoms. The second-order valence-electron chi connectivity index (χ2n) is 2.89. The predicted octanol–water partition coefficient (Wildman–Crippen LogP) is 1.48.